The summed E-state index contributed by atoms with van der Waals surface area (Å²) in [5, 5.41) is 2.60. The third-order valence-electron chi connectivity index (χ3n) is 4.93. The SMILES string of the molecule is CC(C)(C)OC(=O)[C@@H](CB1OC(C)(C)C(C)(C)O1)NC(=O)OCc1ccccc1. The molecule has 0 radical (unpaired) electrons. The van der Waals surface area contributed by atoms with Crippen LogP contribution in [0.4, 0.5) is 4.79 Å². The highest BCUT2D eigenvalue weighted by Crippen LogP contribution is 2.38. The fourth-order valence-corrected chi connectivity index (χ4v) is 2.75. The highest BCUT2D eigenvalue weighted by molar-refractivity contribution is 6.46. The van der Waals surface area contributed by atoms with E-state index in [2.05, 4.69) is 5.32 Å². The fourth-order valence-electron chi connectivity index (χ4n) is 2.75. The largest absolute Gasteiger partial charge is 0.460 e. The average molecular weight is 405 g/mol. The third-order valence-corrected chi connectivity index (χ3v) is 4.93. The van der Waals surface area contributed by atoms with Crippen molar-refractivity contribution in [1.29, 1.82) is 0 Å². The number of amides is 1. The van der Waals surface area contributed by atoms with E-state index in [4.69, 9.17) is 18.8 Å². The van der Waals surface area contributed by atoms with Crippen molar-refractivity contribution < 1.29 is 28.4 Å². The lowest BCUT2D eigenvalue weighted by Crippen LogP contribution is -2.46. The summed E-state index contributed by atoms with van der Waals surface area (Å²) >= 11 is 0. The van der Waals surface area contributed by atoms with Gasteiger partial charge in [-0.05, 0) is 54.0 Å². The van der Waals surface area contributed by atoms with Gasteiger partial charge in [0.2, 0.25) is 0 Å². The normalized spacial score (nSPS) is 18.8. The van der Waals surface area contributed by atoms with Crippen LogP contribution in [0.25, 0.3) is 0 Å². The molecule has 1 aliphatic rings. The molecule has 0 aliphatic carbocycles. The van der Waals surface area contributed by atoms with Crippen LogP contribution in [0.2, 0.25) is 6.32 Å². The van der Waals surface area contributed by atoms with Crippen LogP contribution in [-0.4, -0.2) is 42.0 Å². The number of carbonyl (C=O) groups is 2. The number of carbonyl (C=O) groups excluding carboxylic acids is 2. The van der Waals surface area contributed by atoms with Gasteiger partial charge in [-0.1, -0.05) is 30.3 Å². The number of rotatable bonds is 6. The van der Waals surface area contributed by atoms with E-state index >= 15 is 0 Å². The van der Waals surface area contributed by atoms with Gasteiger partial charge in [-0.3, -0.25) is 0 Å². The maximum absolute atomic E-state index is 12.7. The molecule has 160 valence electrons. The van der Waals surface area contributed by atoms with E-state index in [0.29, 0.717) is 0 Å². The van der Waals surface area contributed by atoms with Crippen molar-refractivity contribution in [3.63, 3.8) is 0 Å². The number of nitrogens with one attached hydrogen (secondary N) is 1. The topological polar surface area (TPSA) is 83.1 Å². The summed E-state index contributed by atoms with van der Waals surface area (Å²) in [4.78, 5) is 25.0. The van der Waals surface area contributed by atoms with Crippen molar-refractivity contribution in [3.05, 3.63) is 35.9 Å². The van der Waals surface area contributed by atoms with Crippen LogP contribution < -0.4 is 5.32 Å². The molecule has 0 aromatic heterocycles. The molecule has 29 heavy (non-hydrogen) atoms. The molecule has 0 bridgehead atoms. The molecule has 0 spiro atoms. The minimum absolute atomic E-state index is 0.101. The van der Waals surface area contributed by atoms with Crippen molar-refractivity contribution in [1.82, 2.24) is 5.32 Å². The summed E-state index contributed by atoms with van der Waals surface area (Å²) in [6.07, 6.45) is -0.594. The Morgan fingerprint density at radius 1 is 1.07 bits per heavy atom. The van der Waals surface area contributed by atoms with E-state index < -0.39 is 42.0 Å². The van der Waals surface area contributed by atoms with Crippen molar-refractivity contribution in [2.75, 3.05) is 0 Å². The Hall–Kier alpha value is -2.06. The number of hydrogen-bond acceptors (Lipinski definition) is 6. The quantitative estimate of drug-likeness (QED) is 0.574. The van der Waals surface area contributed by atoms with Crippen LogP contribution in [0.5, 0.6) is 0 Å². The minimum Gasteiger partial charge on any atom is -0.458 e. The number of benzene rings is 1. The zero-order valence-electron chi connectivity index (χ0n) is 18.4. The molecule has 1 amide bonds. The Morgan fingerprint density at radius 3 is 2.14 bits per heavy atom. The fraction of sp³-hybridized carbons (Fsp3) is 0.619. The van der Waals surface area contributed by atoms with Crippen LogP contribution >= 0.6 is 0 Å². The third kappa shape index (κ3) is 6.75. The second-order valence-electron chi connectivity index (χ2n) is 9.21. The molecule has 0 unspecified atom stereocenters. The zero-order valence-corrected chi connectivity index (χ0v) is 18.4. The van der Waals surface area contributed by atoms with E-state index in [9.17, 15) is 9.59 Å². The first-order chi connectivity index (χ1) is 13.3. The van der Waals surface area contributed by atoms with Gasteiger partial charge in [-0.25, -0.2) is 9.59 Å². The number of alkyl carbamates (subject to hydrolysis) is 1. The predicted octanol–water partition coefficient (Wildman–Crippen LogP) is 3.72. The van der Waals surface area contributed by atoms with Crippen LogP contribution in [0.1, 0.15) is 54.0 Å². The lowest BCUT2D eigenvalue weighted by atomic mass is 9.80. The zero-order chi connectivity index (χ0) is 21.9. The van der Waals surface area contributed by atoms with Crippen molar-refractivity contribution in [2.45, 2.75) is 84.2 Å². The van der Waals surface area contributed by atoms with Crippen molar-refractivity contribution in [2.24, 2.45) is 0 Å². The Kier molecular flexibility index (Phi) is 7.01. The van der Waals surface area contributed by atoms with Crippen molar-refractivity contribution >= 4 is 19.2 Å². The molecule has 8 heteroatoms. The standard InChI is InChI=1S/C21H32BNO6/c1-19(2,3)27-17(24)16(13-22-28-20(4,5)21(6,7)29-22)23-18(25)26-14-15-11-9-8-10-12-15/h8-12,16H,13-14H2,1-7H3,(H,23,25)/t16-/m1/s1. The maximum Gasteiger partial charge on any atom is 0.460 e. The highest BCUT2D eigenvalue weighted by Gasteiger charge is 2.52. The smallest absolute Gasteiger partial charge is 0.458 e. The van der Waals surface area contributed by atoms with Gasteiger partial charge < -0.3 is 24.1 Å². The van der Waals surface area contributed by atoms with E-state index in [0.717, 1.165) is 5.56 Å². The molecule has 1 aromatic rings. The maximum atomic E-state index is 12.7. The summed E-state index contributed by atoms with van der Waals surface area (Å²) in [7, 11) is -0.660. The number of esters is 1. The van der Waals surface area contributed by atoms with Gasteiger partial charge in [-0.2, -0.15) is 0 Å². The molecule has 7 nitrogen and oxygen atoms in total. The number of ether oxygens (including phenoxy) is 2. The van der Waals surface area contributed by atoms with Crippen LogP contribution in [0.15, 0.2) is 30.3 Å². The predicted molar refractivity (Wildman–Crippen MR) is 110 cm³/mol. The van der Waals surface area contributed by atoms with Crippen LogP contribution in [-0.2, 0) is 30.2 Å². The first-order valence-electron chi connectivity index (χ1n) is 9.85. The summed E-state index contributed by atoms with van der Waals surface area (Å²) in [6, 6.07) is 8.34. The first-order valence-corrected chi connectivity index (χ1v) is 9.85. The monoisotopic (exact) mass is 405 g/mol. The molecular formula is C21H32BNO6. The lowest BCUT2D eigenvalue weighted by molar-refractivity contribution is -0.156. The Balaban J connectivity index is 2.03. The summed E-state index contributed by atoms with van der Waals surface area (Å²) in [6.45, 7) is 13.1. The van der Waals surface area contributed by atoms with Gasteiger partial charge in [0.15, 0.2) is 0 Å². The molecule has 0 saturated carbocycles. The Bertz CT molecular complexity index is 698. The van der Waals surface area contributed by atoms with Crippen LogP contribution in [0.3, 0.4) is 0 Å². The van der Waals surface area contributed by atoms with Gasteiger partial charge in [0, 0.05) is 6.32 Å². The highest BCUT2D eigenvalue weighted by atomic mass is 16.7. The molecule has 1 aromatic carbocycles. The van der Waals surface area contributed by atoms with Gasteiger partial charge in [0.1, 0.15) is 18.2 Å². The summed E-state index contributed by atoms with van der Waals surface area (Å²) in [5.41, 5.74) is -0.920. The molecule has 1 fully saturated rings. The Labute approximate surface area is 173 Å². The second-order valence-corrected chi connectivity index (χ2v) is 9.21. The average Bonchev–Trinajstić information content (AvgIpc) is 2.78. The molecule has 1 N–H and O–H groups in total. The molecule has 1 heterocycles. The number of hydrogen-bond donors (Lipinski definition) is 1. The molecular weight excluding hydrogens is 373 g/mol. The van der Waals surface area contributed by atoms with E-state index in [1.807, 2.05) is 58.0 Å². The lowest BCUT2D eigenvalue weighted by Gasteiger charge is -2.32. The van der Waals surface area contributed by atoms with E-state index in [-0.39, 0.29) is 12.9 Å². The second kappa shape index (κ2) is 8.75. The van der Waals surface area contributed by atoms with Gasteiger partial charge in [-0.15, -0.1) is 0 Å². The van der Waals surface area contributed by atoms with Gasteiger partial charge in [0.05, 0.1) is 11.2 Å². The molecule has 1 saturated heterocycles. The molecule has 2 rings (SSSR count). The van der Waals surface area contributed by atoms with E-state index in [1.165, 1.54) is 0 Å². The first kappa shape index (κ1) is 23.2. The summed E-state index contributed by atoms with van der Waals surface area (Å²) in [5.74, 6) is -0.566. The van der Waals surface area contributed by atoms with Crippen molar-refractivity contribution in [3.8, 4) is 0 Å². The Morgan fingerprint density at radius 2 is 1.62 bits per heavy atom. The van der Waals surface area contributed by atoms with Gasteiger partial charge in [0.25, 0.3) is 0 Å². The molecule has 1 aliphatic heterocycles. The molecule has 1 atom stereocenters. The summed E-state index contributed by atoms with van der Waals surface area (Å²) < 4.78 is 22.6. The van der Waals surface area contributed by atoms with E-state index in [1.54, 1.807) is 20.8 Å². The minimum atomic E-state index is -0.966. The van der Waals surface area contributed by atoms with Crippen LogP contribution in [0, 0.1) is 0 Å². The van der Waals surface area contributed by atoms with Gasteiger partial charge >= 0.3 is 19.2 Å².